The molecule has 0 aromatic heterocycles. The summed E-state index contributed by atoms with van der Waals surface area (Å²) in [6, 6.07) is 2.08. The lowest BCUT2D eigenvalue weighted by Gasteiger charge is -2.23. The summed E-state index contributed by atoms with van der Waals surface area (Å²) in [6.07, 6.45) is 0.445. The average molecular weight is 228 g/mol. The lowest BCUT2D eigenvalue weighted by atomic mass is 10.1. The van der Waals surface area contributed by atoms with Gasteiger partial charge >= 0.3 is 0 Å². The van der Waals surface area contributed by atoms with Gasteiger partial charge in [0.25, 0.3) is 0 Å². The van der Waals surface area contributed by atoms with Crippen LogP contribution >= 0.6 is 0 Å². The zero-order valence-corrected chi connectivity index (χ0v) is 9.90. The molecule has 1 unspecified atom stereocenters. The molecule has 16 heavy (non-hydrogen) atoms. The van der Waals surface area contributed by atoms with E-state index in [9.17, 15) is 4.79 Å². The minimum Gasteiger partial charge on any atom is -0.383 e. The van der Waals surface area contributed by atoms with E-state index in [0.29, 0.717) is 32.7 Å². The van der Waals surface area contributed by atoms with Gasteiger partial charge in [0.1, 0.15) is 0 Å². The summed E-state index contributed by atoms with van der Waals surface area (Å²) in [5.41, 5.74) is 2.12. The second-order valence-corrected chi connectivity index (χ2v) is 3.61. The fraction of sp³-hybridized carbons (Fsp3) is 0.800. The van der Waals surface area contributed by atoms with E-state index in [-0.39, 0.29) is 11.8 Å². The predicted octanol–water partition coefficient (Wildman–Crippen LogP) is -0.526. The number of carbonyl (C=O) groups is 1. The Labute approximate surface area is 96.3 Å². The summed E-state index contributed by atoms with van der Waals surface area (Å²) in [5.74, 6) is 4.66. The van der Waals surface area contributed by atoms with Crippen molar-refractivity contribution in [2.75, 3.05) is 33.4 Å². The third-order valence-corrected chi connectivity index (χ3v) is 2.27. The summed E-state index contributed by atoms with van der Waals surface area (Å²) < 4.78 is 4.97. The zero-order valence-electron chi connectivity index (χ0n) is 9.90. The van der Waals surface area contributed by atoms with Crippen LogP contribution < -0.4 is 11.3 Å². The van der Waals surface area contributed by atoms with Crippen molar-refractivity contribution < 1.29 is 9.53 Å². The standard InChI is InChI=1S/C10H20N4O2/c1-9(10(15)13-12)8-14(5-3-4-11)6-7-16-2/h9H,3,5-8,12H2,1-2H3,(H,13,15). The quantitative estimate of drug-likeness (QED) is 0.331. The molecule has 6 nitrogen and oxygen atoms in total. The molecule has 0 bridgehead atoms. The highest BCUT2D eigenvalue weighted by Crippen LogP contribution is 2.01. The lowest BCUT2D eigenvalue weighted by molar-refractivity contribution is -0.125. The Hall–Kier alpha value is -1.16. The molecule has 0 aromatic rings. The molecule has 0 fully saturated rings. The van der Waals surface area contributed by atoms with Crippen molar-refractivity contribution >= 4 is 5.91 Å². The van der Waals surface area contributed by atoms with Crippen LogP contribution in [0.4, 0.5) is 0 Å². The second-order valence-electron chi connectivity index (χ2n) is 3.61. The van der Waals surface area contributed by atoms with Crippen LogP contribution in [0.5, 0.6) is 0 Å². The molecule has 92 valence electrons. The van der Waals surface area contributed by atoms with Gasteiger partial charge in [0.15, 0.2) is 0 Å². The Kier molecular flexibility index (Phi) is 8.43. The van der Waals surface area contributed by atoms with Gasteiger partial charge in [-0.25, -0.2) is 5.84 Å². The van der Waals surface area contributed by atoms with Crippen LogP contribution in [0.15, 0.2) is 0 Å². The summed E-state index contributed by atoms with van der Waals surface area (Å²) in [4.78, 5) is 13.3. The minimum absolute atomic E-state index is 0.194. The maximum Gasteiger partial charge on any atom is 0.237 e. The van der Waals surface area contributed by atoms with Gasteiger partial charge in [-0.15, -0.1) is 0 Å². The van der Waals surface area contributed by atoms with Gasteiger partial charge in [-0.1, -0.05) is 6.92 Å². The van der Waals surface area contributed by atoms with E-state index < -0.39 is 0 Å². The number of hydrazine groups is 1. The van der Waals surface area contributed by atoms with Gasteiger partial charge in [-0.05, 0) is 0 Å². The minimum atomic E-state index is -0.195. The highest BCUT2D eigenvalue weighted by atomic mass is 16.5. The summed E-state index contributed by atoms with van der Waals surface area (Å²) >= 11 is 0. The number of hydrogen-bond acceptors (Lipinski definition) is 5. The molecule has 1 amide bonds. The fourth-order valence-electron chi connectivity index (χ4n) is 1.34. The van der Waals surface area contributed by atoms with Crippen molar-refractivity contribution in [1.82, 2.24) is 10.3 Å². The van der Waals surface area contributed by atoms with Crippen LogP contribution in [-0.4, -0.2) is 44.2 Å². The van der Waals surface area contributed by atoms with Crippen molar-refractivity contribution in [1.29, 1.82) is 5.26 Å². The number of amides is 1. The highest BCUT2D eigenvalue weighted by Gasteiger charge is 2.15. The first-order valence-corrected chi connectivity index (χ1v) is 5.24. The summed E-state index contributed by atoms with van der Waals surface area (Å²) in [7, 11) is 1.62. The topological polar surface area (TPSA) is 91.4 Å². The van der Waals surface area contributed by atoms with Crippen LogP contribution in [-0.2, 0) is 9.53 Å². The van der Waals surface area contributed by atoms with Gasteiger partial charge in [0.2, 0.25) is 5.91 Å². The van der Waals surface area contributed by atoms with E-state index >= 15 is 0 Å². The number of nitriles is 1. The maximum absolute atomic E-state index is 11.2. The normalized spacial score (nSPS) is 12.2. The number of rotatable bonds is 8. The molecule has 0 aliphatic carbocycles. The maximum atomic E-state index is 11.2. The Balaban J connectivity index is 4.07. The molecule has 0 saturated heterocycles. The fourth-order valence-corrected chi connectivity index (χ4v) is 1.34. The monoisotopic (exact) mass is 228 g/mol. The first-order valence-electron chi connectivity index (χ1n) is 5.24. The first kappa shape index (κ1) is 14.8. The lowest BCUT2D eigenvalue weighted by Crippen LogP contribution is -2.41. The van der Waals surface area contributed by atoms with Crippen molar-refractivity contribution in [3.8, 4) is 6.07 Å². The number of nitrogens with one attached hydrogen (secondary N) is 1. The number of ether oxygens (including phenoxy) is 1. The van der Waals surface area contributed by atoms with Crippen molar-refractivity contribution in [3.63, 3.8) is 0 Å². The van der Waals surface area contributed by atoms with Gasteiger partial charge in [0, 0.05) is 39.1 Å². The van der Waals surface area contributed by atoms with Crippen molar-refractivity contribution in [2.45, 2.75) is 13.3 Å². The average Bonchev–Trinajstić information content (AvgIpc) is 2.31. The van der Waals surface area contributed by atoms with E-state index in [1.165, 1.54) is 0 Å². The number of nitrogens with two attached hydrogens (primary N) is 1. The van der Waals surface area contributed by atoms with E-state index in [0.717, 1.165) is 0 Å². The molecule has 0 aromatic carbocycles. The largest absolute Gasteiger partial charge is 0.383 e. The van der Waals surface area contributed by atoms with Crippen LogP contribution in [0.3, 0.4) is 0 Å². The Morgan fingerprint density at radius 1 is 1.62 bits per heavy atom. The molecular weight excluding hydrogens is 208 g/mol. The molecule has 3 N–H and O–H groups in total. The molecule has 0 spiro atoms. The van der Waals surface area contributed by atoms with Gasteiger partial charge in [-0.3, -0.25) is 15.1 Å². The summed E-state index contributed by atoms with van der Waals surface area (Å²) in [6.45, 7) is 4.31. The van der Waals surface area contributed by atoms with Crippen molar-refractivity contribution in [2.24, 2.45) is 11.8 Å². The number of nitrogens with zero attached hydrogens (tertiary/aromatic N) is 2. The third kappa shape index (κ3) is 6.35. The van der Waals surface area contributed by atoms with Crippen LogP contribution in [0.2, 0.25) is 0 Å². The Bertz CT molecular complexity index is 239. The number of carbonyl (C=O) groups excluding carboxylic acids is 1. The second kappa shape index (κ2) is 9.09. The smallest absolute Gasteiger partial charge is 0.237 e. The van der Waals surface area contributed by atoms with Gasteiger partial charge < -0.3 is 4.74 Å². The van der Waals surface area contributed by atoms with E-state index in [4.69, 9.17) is 15.8 Å². The molecule has 6 heteroatoms. The predicted molar refractivity (Wildman–Crippen MR) is 60.0 cm³/mol. The van der Waals surface area contributed by atoms with E-state index in [1.807, 2.05) is 4.90 Å². The SMILES string of the molecule is COCCN(CCC#N)CC(C)C(=O)NN. The molecular formula is C10H20N4O2. The van der Waals surface area contributed by atoms with Crippen molar-refractivity contribution in [3.05, 3.63) is 0 Å². The van der Waals surface area contributed by atoms with E-state index in [1.54, 1.807) is 14.0 Å². The molecule has 0 radical (unpaired) electrons. The highest BCUT2D eigenvalue weighted by molar-refractivity contribution is 5.77. The molecule has 0 saturated carbocycles. The zero-order chi connectivity index (χ0) is 12.4. The van der Waals surface area contributed by atoms with Gasteiger partial charge in [0.05, 0.1) is 12.7 Å². The first-order chi connectivity index (χ1) is 7.65. The molecule has 0 aliphatic rings. The van der Waals surface area contributed by atoms with Crippen LogP contribution in [0, 0.1) is 17.2 Å². The van der Waals surface area contributed by atoms with Crippen LogP contribution in [0.25, 0.3) is 0 Å². The molecule has 1 atom stereocenters. The van der Waals surface area contributed by atoms with Crippen LogP contribution in [0.1, 0.15) is 13.3 Å². The number of hydrogen-bond donors (Lipinski definition) is 2. The van der Waals surface area contributed by atoms with E-state index in [2.05, 4.69) is 11.5 Å². The summed E-state index contributed by atoms with van der Waals surface area (Å²) in [5, 5.41) is 8.52. The Morgan fingerprint density at radius 3 is 2.81 bits per heavy atom. The number of methoxy groups -OCH3 is 1. The molecule has 0 rings (SSSR count). The Morgan fingerprint density at radius 2 is 2.31 bits per heavy atom. The third-order valence-electron chi connectivity index (χ3n) is 2.27. The van der Waals surface area contributed by atoms with Gasteiger partial charge in [-0.2, -0.15) is 5.26 Å². The molecule has 0 heterocycles. The molecule has 0 aliphatic heterocycles.